The third-order valence-electron chi connectivity index (χ3n) is 9.71. The number of carbonyl (C=O) groups excluding carboxylic acids is 3. The lowest BCUT2D eigenvalue weighted by molar-refractivity contribution is -0.141. The molecule has 2 aliphatic heterocycles. The number of aliphatic hydroxyl groups excluding tert-OH is 1. The van der Waals surface area contributed by atoms with Crippen LogP contribution in [0.15, 0.2) is 30.6 Å². The van der Waals surface area contributed by atoms with Crippen molar-refractivity contribution in [1.82, 2.24) is 40.2 Å². The number of hydrogen-bond acceptors (Lipinski definition) is 7. The number of aromatic nitrogens is 4. The highest BCUT2D eigenvalue weighted by Crippen LogP contribution is 2.53. The molecule has 2 saturated carbocycles. The first-order valence-corrected chi connectivity index (χ1v) is 15.9. The standard InChI is InChI=1S/C30H31ClF5N9O4/c1-43-21(17-12-45(23-6-29(23,32)33)42-24(17)30(34,35)36)8-38-25(43)27(48)39-14-2-3-15(18(31)5-14)26(47)40-19-4-13-10-44(11-16(13)19)28(49)41-20-7-37-9-22(20)46/h2-3,5,8,12-13,16,19-20,22-23,37,46H,4,6-7,9-11H2,1H3,(H,39,48)(H,40,47)(H,41,49)/t13?,16?,19?,20-,22-,23?/m0/s1. The molecular formula is C30H31ClF5N9O4. The van der Waals surface area contributed by atoms with Crippen molar-refractivity contribution in [3.63, 3.8) is 0 Å². The minimum Gasteiger partial charge on any atom is -0.390 e. The van der Waals surface area contributed by atoms with Crippen molar-refractivity contribution >= 4 is 35.1 Å². The summed E-state index contributed by atoms with van der Waals surface area (Å²) in [5, 5.41) is 24.8. The highest BCUT2D eigenvalue weighted by molar-refractivity contribution is 6.34. The summed E-state index contributed by atoms with van der Waals surface area (Å²) in [5.74, 6) is -4.36. The molecule has 2 saturated heterocycles. The Morgan fingerprint density at radius 1 is 1.10 bits per heavy atom. The van der Waals surface area contributed by atoms with E-state index in [0.717, 1.165) is 17.0 Å². The van der Waals surface area contributed by atoms with E-state index >= 15 is 0 Å². The Morgan fingerprint density at radius 3 is 2.51 bits per heavy atom. The lowest BCUT2D eigenvalue weighted by Gasteiger charge is -2.39. The summed E-state index contributed by atoms with van der Waals surface area (Å²) in [5.41, 5.74) is -1.71. The van der Waals surface area contributed by atoms with E-state index in [-0.39, 0.29) is 57.7 Å². The largest absolute Gasteiger partial charge is 0.435 e. The number of carbonyl (C=O) groups is 3. The number of imidazole rings is 1. The number of alkyl halides is 5. The van der Waals surface area contributed by atoms with E-state index in [1.807, 2.05) is 0 Å². The van der Waals surface area contributed by atoms with Crippen molar-refractivity contribution in [3.05, 3.63) is 52.7 Å². The van der Waals surface area contributed by atoms with E-state index in [2.05, 4.69) is 31.3 Å². The molecule has 6 atom stereocenters. The maximum atomic E-state index is 13.8. The normalized spacial score (nSPS) is 27.0. The van der Waals surface area contributed by atoms with Crippen LogP contribution < -0.4 is 21.3 Å². The van der Waals surface area contributed by atoms with Crippen LogP contribution in [-0.4, -0.2) is 97.5 Å². The monoisotopic (exact) mass is 711 g/mol. The van der Waals surface area contributed by atoms with Gasteiger partial charge in [0.1, 0.15) is 6.04 Å². The molecule has 4 aliphatic rings. The number of nitrogens with one attached hydrogen (secondary N) is 4. The molecule has 0 spiro atoms. The van der Waals surface area contributed by atoms with Gasteiger partial charge in [0.05, 0.1) is 40.2 Å². The highest BCUT2D eigenvalue weighted by Gasteiger charge is 2.59. The molecule has 2 aliphatic carbocycles. The summed E-state index contributed by atoms with van der Waals surface area (Å²) >= 11 is 6.41. The number of aliphatic hydroxyl groups is 1. The van der Waals surface area contributed by atoms with Gasteiger partial charge in [-0.25, -0.2) is 18.6 Å². The number of hydrogen-bond donors (Lipinski definition) is 5. The maximum Gasteiger partial charge on any atom is 0.435 e. The third-order valence-corrected chi connectivity index (χ3v) is 10.0. The van der Waals surface area contributed by atoms with E-state index < -0.39 is 53.7 Å². The second-order valence-electron chi connectivity index (χ2n) is 13.0. The van der Waals surface area contributed by atoms with Crippen LogP contribution in [0.5, 0.6) is 0 Å². The minimum atomic E-state index is -4.95. The van der Waals surface area contributed by atoms with Crippen molar-refractivity contribution in [2.24, 2.45) is 18.9 Å². The molecule has 0 bridgehead atoms. The summed E-state index contributed by atoms with van der Waals surface area (Å²) in [6.07, 6.45) is -3.64. The van der Waals surface area contributed by atoms with Gasteiger partial charge in [-0.15, -0.1) is 0 Å². The van der Waals surface area contributed by atoms with E-state index in [9.17, 15) is 41.4 Å². The Kier molecular flexibility index (Phi) is 8.10. The number of anilines is 1. The zero-order valence-electron chi connectivity index (χ0n) is 25.8. The predicted molar refractivity (Wildman–Crippen MR) is 163 cm³/mol. The van der Waals surface area contributed by atoms with Gasteiger partial charge in [-0.3, -0.25) is 14.3 Å². The summed E-state index contributed by atoms with van der Waals surface area (Å²) in [6.45, 7) is 1.93. The van der Waals surface area contributed by atoms with Crippen molar-refractivity contribution in [2.45, 2.75) is 49.2 Å². The van der Waals surface area contributed by atoms with Crippen LogP contribution in [0.3, 0.4) is 0 Å². The smallest absolute Gasteiger partial charge is 0.390 e. The van der Waals surface area contributed by atoms with E-state index in [1.165, 1.54) is 25.2 Å². The number of urea groups is 1. The van der Waals surface area contributed by atoms with Gasteiger partial charge < -0.3 is 35.8 Å². The number of fused-ring (bicyclic) bond motifs is 1. The quantitative estimate of drug-likeness (QED) is 0.236. The summed E-state index contributed by atoms with van der Waals surface area (Å²) in [7, 11) is 1.30. The Bertz CT molecular complexity index is 1830. The Balaban J connectivity index is 0.975. The van der Waals surface area contributed by atoms with Crippen molar-refractivity contribution in [2.75, 3.05) is 31.5 Å². The fourth-order valence-corrected chi connectivity index (χ4v) is 7.08. The molecule has 4 amide bonds. The topological polar surface area (TPSA) is 158 Å². The van der Waals surface area contributed by atoms with Crippen LogP contribution in [0.25, 0.3) is 11.3 Å². The Labute approximate surface area is 280 Å². The molecular weight excluding hydrogens is 681 g/mol. The number of halogens is 6. The molecule has 1 aromatic carbocycles. The first-order chi connectivity index (χ1) is 23.1. The molecule has 0 radical (unpaired) electrons. The highest BCUT2D eigenvalue weighted by atomic mass is 35.5. The van der Waals surface area contributed by atoms with Crippen LogP contribution in [0, 0.1) is 11.8 Å². The Hall–Kier alpha value is -4.29. The van der Waals surface area contributed by atoms with Gasteiger partial charge >= 0.3 is 12.2 Å². The average molecular weight is 712 g/mol. The third kappa shape index (κ3) is 6.20. The fourth-order valence-electron chi connectivity index (χ4n) is 6.82. The molecule has 5 N–H and O–H groups in total. The van der Waals surface area contributed by atoms with Crippen LogP contribution in [0.1, 0.15) is 45.6 Å². The predicted octanol–water partition coefficient (Wildman–Crippen LogP) is 2.88. The van der Waals surface area contributed by atoms with Gasteiger partial charge in [-0.1, -0.05) is 11.6 Å². The maximum absolute atomic E-state index is 13.8. The lowest BCUT2D eigenvalue weighted by atomic mass is 9.71. The van der Waals surface area contributed by atoms with Crippen molar-refractivity contribution in [3.8, 4) is 11.3 Å². The molecule has 3 aromatic rings. The SMILES string of the molecule is Cn1c(-c2cn(C3CC3(F)F)nc2C(F)(F)F)cnc1C(=O)Nc1ccc(C(=O)NC2CC3CN(C(=O)N[C@H]4CNC[C@@H]4O)CC32)c(Cl)c1. The Morgan fingerprint density at radius 2 is 1.86 bits per heavy atom. The second-order valence-corrected chi connectivity index (χ2v) is 13.4. The number of rotatable bonds is 7. The van der Waals surface area contributed by atoms with E-state index in [1.54, 1.807) is 4.90 Å². The fraction of sp³-hybridized carbons (Fsp3) is 0.500. The molecule has 7 rings (SSSR count). The van der Waals surface area contributed by atoms with Crippen molar-refractivity contribution < 1.29 is 41.4 Å². The minimum absolute atomic E-state index is 0.0296. The first kappa shape index (κ1) is 33.2. The first-order valence-electron chi connectivity index (χ1n) is 15.5. The number of nitrogens with zero attached hydrogens (tertiary/aromatic N) is 5. The van der Waals surface area contributed by atoms with Gasteiger partial charge in [-0.2, -0.15) is 18.3 Å². The number of likely N-dealkylation sites (tertiary alicyclic amines) is 1. The van der Waals surface area contributed by atoms with Gasteiger partial charge in [-0.05, 0) is 30.5 Å². The molecule has 19 heteroatoms. The number of amides is 4. The van der Waals surface area contributed by atoms with Gasteiger partial charge in [0.25, 0.3) is 17.7 Å². The van der Waals surface area contributed by atoms with Gasteiger partial charge in [0.2, 0.25) is 0 Å². The van der Waals surface area contributed by atoms with Gasteiger partial charge in [0, 0.05) is 63.5 Å². The summed E-state index contributed by atoms with van der Waals surface area (Å²) in [4.78, 5) is 44.5. The molecule has 262 valence electrons. The summed E-state index contributed by atoms with van der Waals surface area (Å²) < 4.78 is 70.1. The summed E-state index contributed by atoms with van der Waals surface area (Å²) in [6, 6.07) is 1.93. The lowest BCUT2D eigenvalue weighted by Crippen LogP contribution is -2.52. The van der Waals surface area contributed by atoms with Crippen LogP contribution >= 0.6 is 11.6 Å². The average Bonchev–Trinajstić information content (AvgIpc) is 3.53. The molecule has 2 aromatic heterocycles. The van der Waals surface area contributed by atoms with Crippen molar-refractivity contribution in [1.29, 1.82) is 0 Å². The molecule has 13 nitrogen and oxygen atoms in total. The van der Waals surface area contributed by atoms with Crippen LogP contribution in [-0.2, 0) is 13.2 Å². The zero-order valence-corrected chi connectivity index (χ0v) is 26.5. The molecule has 4 heterocycles. The number of benzene rings is 1. The van der Waals surface area contributed by atoms with Gasteiger partial charge in [0.15, 0.2) is 11.5 Å². The van der Waals surface area contributed by atoms with E-state index in [0.29, 0.717) is 37.3 Å². The van der Waals surface area contributed by atoms with Crippen LogP contribution in [0.4, 0.5) is 32.4 Å². The zero-order chi connectivity index (χ0) is 35.0. The molecule has 49 heavy (non-hydrogen) atoms. The molecule has 4 fully saturated rings. The van der Waals surface area contributed by atoms with E-state index in [4.69, 9.17) is 11.6 Å². The second kappa shape index (κ2) is 11.9. The number of β-amino-alcohol motifs (C(OH)–C–C–N with tert-alkyl or cyclic N) is 1. The molecule has 4 unspecified atom stereocenters. The van der Waals surface area contributed by atoms with Crippen LogP contribution in [0.2, 0.25) is 5.02 Å².